The van der Waals surface area contributed by atoms with E-state index >= 15 is 0 Å². The smallest absolute Gasteiger partial charge is 0.191 e. The van der Waals surface area contributed by atoms with E-state index in [0.717, 1.165) is 22.3 Å². The average Bonchev–Trinajstić information content (AvgIpc) is 2.98. The first-order chi connectivity index (χ1) is 10.4. The molecule has 0 unspecified atom stereocenters. The van der Waals surface area contributed by atoms with Crippen molar-refractivity contribution in [3.8, 4) is 12.1 Å². The third-order valence-corrected chi connectivity index (χ3v) is 5.75. The van der Waals surface area contributed by atoms with Crippen LogP contribution in [0.3, 0.4) is 0 Å². The Balaban J connectivity index is 1.95. The van der Waals surface area contributed by atoms with Gasteiger partial charge >= 0.3 is 0 Å². The van der Waals surface area contributed by atoms with Gasteiger partial charge in [-0.05, 0) is 55.4 Å². The number of Topliss-reactive ketones (excluding diaryl/α,β-unsaturated/α-hetero) is 1. The maximum atomic E-state index is 12.6. The number of ketones is 1. The molecule has 1 saturated carbocycles. The molecular formula is C18H16N2O2. The van der Waals surface area contributed by atoms with Crippen LogP contribution in [-0.2, 0) is 10.3 Å². The lowest BCUT2D eigenvalue weighted by atomic mass is 9.79. The molecule has 4 nitrogen and oxygen atoms in total. The first-order valence-corrected chi connectivity index (χ1v) is 7.61. The lowest BCUT2D eigenvalue weighted by molar-refractivity contribution is -0.0551. The number of aryl methyl sites for hydroxylation is 2. The van der Waals surface area contributed by atoms with E-state index in [1.807, 2.05) is 26.0 Å². The quantitative estimate of drug-likeness (QED) is 0.737. The summed E-state index contributed by atoms with van der Waals surface area (Å²) in [6.45, 7) is 4.02. The Labute approximate surface area is 129 Å². The molecule has 1 aromatic carbocycles. The van der Waals surface area contributed by atoms with Crippen LogP contribution in [0.25, 0.3) is 0 Å². The highest BCUT2D eigenvalue weighted by atomic mass is 16.5. The molecule has 22 heavy (non-hydrogen) atoms. The molecule has 0 N–H and O–H groups in total. The van der Waals surface area contributed by atoms with Gasteiger partial charge in [0.05, 0.1) is 12.1 Å². The fraction of sp³-hybridized carbons (Fsp3) is 0.500. The summed E-state index contributed by atoms with van der Waals surface area (Å²) in [6.07, 6.45) is 1.08. The highest BCUT2D eigenvalue weighted by molar-refractivity contribution is 6.03. The van der Waals surface area contributed by atoms with E-state index in [4.69, 9.17) is 4.74 Å². The topological polar surface area (TPSA) is 73.9 Å². The molecule has 0 amide bonds. The van der Waals surface area contributed by atoms with Crippen molar-refractivity contribution >= 4 is 5.78 Å². The number of hydrogen-bond acceptors (Lipinski definition) is 4. The summed E-state index contributed by atoms with van der Waals surface area (Å²) < 4.78 is 6.15. The predicted molar refractivity (Wildman–Crippen MR) is 77.8 cm³/mol. The molecule has 1 aliphatic carbocycles. The Hall–Kier alpha value is -2.17. The Bertz CT molecular complexity index is 785. The number of carbonyl (C=O) groups is 1. The summed E-state index contributed by atoms with van der Waals surface area (Å²) in [5, 5.41) is 18.9. The Morgan fingerprint density at radius 2 is 1.91 bits per heavy atom. The van der Waals surface area contributed by atoms with Crippen LogP contribution < -0.4 is 0 Å². The average molecular weight is 292 g/mol. The number of fused-ring (bicyclic) bond motifs is 2. The molecule has 4 heteroatoms. The molecule has 4 rings (SSSR count). The van der Waals surface area contributed by atoms with E-state index < -0.39 is 17.1 Å². The number of rotatable bonds is 0. The van der Waals surface area contributed by atoms with Crippen molar-refractivity contribution in [1.29, 1.82) is 10.5 Å². The van der Waals surface area contributed by atoms with Crippen molar-refractivity contribution < 1.29 is 9.53 Å². The molecule has 1 aromatic rings. The zero-order valence-corrected chi connectivity index (χ0v) is 12.6. The van der Waals surface area contributed by atoms with Gasteiger partial charge in [-0.1, -0.05) is 6.07 Å². The van der Waals surface area contributed by atoms with Crippen molar-refractivity contribution in [3.63, 3.8) is 0 Å². The predicted octanol–water partition coefficient (Wildman–Crippen LogP) is 2.93. The molecule has 2 aliphatic heterocycles. The molecule has 3 atom stereocenters. The molecule has 2 fully saturated rings. The summed E-state index contributed by atoms with van der Waals surface area (Å²) in [7, 11) is 0. The minimum atomic E-state index is -0.994. The van der Waals surface area contributed by atoms with Gasteiger partial charge < -0.3 is 4.74 Å². The lowest BCUT2D eigenvalue weighted by Gasteiger charge is -2.36. The standard InChI is InChI=1S/C18H16N2O2/c1-10-3-13-14(4-11(10)2)18-7-17(8-19,9-20)6-12(18)5-15(22-18)16(13)21/h3-4,12,15H,5-7H2,1-2H3/t12-,15-,18+/m1/s1. The van der Waals surface area contributed by atoms with Gasteiger partial charge in [-0.25, -0.2) is 0 Å². The van der Waals surface area contributed by atoms with Crippen LogP contribution in [0.5, 0.6) is 0 Å². The summed E-state index contributed by atoms with van der Waals surface area (Å²) in [4.78, 5) is 12.6. The third kappa shape index (κ3) is 1.41. The van der Waals surface area contributed by atoms with Crippen LogP contribution in [0, 0.1) is 47.8 Å². The zero-order valence-electron chi connectivity index (χ0n) is 12.6. The van der Waals surface area contributed by atoms with Crippen molar-refractivity contribution in [2.75, 3.05) is 0 Å². The fourth-order valence-corrected chi connectivity index (χ4v) is 4.50. The second kappa shape index (κ2) is 3.97. The van der Waals surface area contributed by atoms with Crippen molar-refractivity contribution in [2.24, 2.45) is 11.3 Å². The van der Waals surface area contributed by atoms with Gasteiger partial charge in [0.2, 0.25) is 0 Å². The first kappa shape index (κ1) is 13.5. The molecular weight excluding hydrogens is 276 g/mol. The van der Waals surface area contributed by atoms with E-state index in [9.17, 15) is 15.3 Å². The van der Waals surface area contributed by atoms with Crippen LogP contribution in [0.15, 0.2) is 12.1 Å². The highest BCUT2D eigenvalue weighted by Crippen LogP contribution is 2.63. The largest absolute Gasteiger partial charge is 0.358 e. The highest BCUT2D eigenvalue weighted by Gasteiger charge is 2.65. The molecule has 0 aromatic heterocycles. The first-order valence-electron chi connectivity index (χ1n) is 7.61. The van der Waals surface area contributed by atoms with Gasteiger partial charge in [0.15, 0.2) is 5.78 Å². The Kier molecular flexibility index (Phi) is 2.43. The molecule has 0 radical (unpaired) electrons. The van der Waals surface area contributed by atoms with Crippen LogP contribution in [-0.4, -0.2) is 11.9 Å². The molecule has 2 heterocycles. The number of nitrogens with zero attached hydrogens (tertiary/aromatic N) is 2. The van der Waals surface area contributed by atoms with Crippen LogP contribution in [0.2, 0.25) is 0 Å². The van der Waals surface area contributed by atoms with E-state index in [1.54, 1.807) is 0 Å². The molecule has 1 spiro atoms. The van der Waals surface area contributed by atoms with Gasteiger partial charge in [-0.15, -0.1) is 0 Å². The summed E-state index contributed by atoms with van der Waals surface area (Å²) >= 11 is 0. The number of nitriles is 2. The number of benzene rings is 1. The van der Waals surface area contributed by atoms with E-state index in [0.29, 0.717) is 19.3 Å². The molecule has 110 valence electrons. The fourth-order valence-electron chi connectivity index (χ4n) is 4.50. The van der Waals surface area contributed by atoms with Gasteiger partial charge in [0.1, 0.15) is 17.1 Å². The summed E-state index contributed by atoms with van der Waals surface area (Å²) in [6, 6.07) is 8.37. The number of carbonyl (C=O) groups excluding carboxylic acids is 1. The SMILES string of the molecule is Cc1cc2c(cc1C)[C@]13CC(C#N)(C#N)C[C@H]1C[C@@H](O3)C2=O. The molecule has 1 saturated heterocycles. The van der Waals surface area contributed by atoms with Crippen LogP contribution >= 0.6 is 0 Å². The summed E-state index contributed by atoms with van der Waals surface area (Å²) in [5.41, 5.74) is 2.20. The second-order valence-corrected chi connectivity index (χ2v) is 6.96. The Morgan fingerprint density at radius 3 is 2.59 bits per heavy atom. The van der Waals surface area contributed by atoms with E-state index in [2.05, 4.69) is 12.1 Å². The normalized spacial score (nSPS) is 33.7. The number of ether oxygens (including phenoxy) is 1. The zero-order chi connectivity index (χ0) is 15.7. The van der Waals surface area contributed by atoms with Gasteiger partial charge in [0, 0.05) is 12.0 Å². The minimum absolute atomic E-state index is 0.0534. The van der Waals surface area contributed by atoms with Crippen LogP contribution in [0.1, 0.15) is 46.3 Å². The van der Waals surface area contributed by atoms with Gasteiger partial charge in [-0.2, -0.15) is 10.5 Å². The monoisotopic (exact) mass is 292 g/mol. The van der Waals surface area contributed by atoms with Crippen molar-refractivity contribution in [2.45, 2.75) is 44.8 Å². The minimum Gasteiger partial charge on any atom is -0.358 e. The molecule has 2 bridgehead atoms. The summed E-state index contributed by atoms with van der Waals surface area (Å²) in [5.74, 6) is 0.127. The van der Waals surface area contributed by atoms with Gasteiger partial charge in [0.25, 0.3) is 0 Å². The lowest BCUT2D eigenvalue weighted by Crippen LogP contribution is -2.38. The van der Waals surface area contributed by atoms with Gasteiger partial charge in [-0.3, -0.25) is 4.79 Å². The second-order valence-electron chi connectivity index (χ2n) is 6.96. The molecule has 3 aliphatic rings. The van der Waals surface area contributed by atoms with E-state index in [-0.39, 0.29) is 11.7 Å². The maximum absolute atomic E-state index is 12.6. The van der Waals surface area contributed by atoms with E-state index in [1.165, 1.54) is 0 Å². The van der Waals surface area contributed by atoms with Crippen molar-refractivity contribution in [3.05, 3.63) is 34.4 Å². The maximum Gasteiger partial charge on any atom is 0.191 e. The number of hydrogen-bond donors (Lipinski definition) is 0. The van der Waals surface area contributed by atoms with Crippen molar-refractivity contribution in [1.82, 2.24) is 0 Å². The van der Waals surface area contributed by atoms with Crippen LogP contribution in [0.4, 0.5) is 0 Å². The Morgan fingerprint density at radius 1 is 1.23 bits per heavy atom. The third-order valence-electron chi connectivity index (χ3n) is 5.75.